The minimum absolute atomic E-state index is 0. The molecule has 0 aromatic heterocycles. The fourth-order valence-electron chi connectivity index (χ4n) is 0.780. The predicted molar refractivity (Wildman–Crippen MR) is 77.0 cm³/mol. The third-order valence-corrected chi connectivity index (χ3v) is 1.35. The molecule has 3 N–H and O–H groups in total. The van der Waals surface area contributed by atoms with E-state index < -0.39 is 0 Å². The molecule has 0 aromatic rings. The number of hydrogen-bond acceptors (Lipinski definition) is 3. The van der Waals surface area contributed by atoms with E-state index in [1.54, 1.807) is 20.8 Å². The van der Waals surface area contributed by atoms with Crippen molar-refractivity contribution in [1.82, 2.24) is 0 Å². The van der Waals surface area contributed by atoms with Crippen LogP contribution in [0.4, 0.5) is 0 Å². The van der Waals surface area contributed by atoms with E-state index in [9.17, 15) is 0 Å². The van der Waals surface area contributed by atoms with Gasteiger partial charge in [-0.3, -0.25) is 0 Å². The van der Waals surface area contributed by atoms with Crippen LogP contribution in [0, 0.1) is 6.92 Å². The van der Waals surface area contributed by atoms with Crippen molar-refractivity contribution in [3.63, 3.8) is 0 Å². The van der Waals surface area contributed by atoms with Crippen LogP contribution in [-0.4, -0.2) is 35.1 Å². The molecule has 0 aliphatic heterocycles. The average molecular weight is 299 g/mol. The van der Waals surface area contributed by atoms with Crippen LogP contribution >= 0.6 is 0 Å². The summed E-state index contributed by atoms with van der Waals surface area (Å²) in [4.78, 5) is 0. The molecule has 0 aliphatic rings. The second kappa shape index (κ2) is 52.6. The Hall–Kier alpha value is 0.594. The van der Waals surface area contributed by atoms with Gasteiger partial charge in [0.25, 0.3) is 0 Å². The third kappa shape index (κ3) is 129. The smallest absolute Gasteiger partial charge is 0.0402 e. The Morgan fingerprint density at radius 1 is 0.667 bits per heavy atom. The van der Waals surface area contributed by atoms with Gasteiger partial charge in [0.15, 0.2) is 0 Å². The van der Waals surface area contributed by atoms with Crippen molar-refractivity contribution in [2.24, 2.45) is 0 Å². The predicted octanol–water partition coefficient (Wildman–Crippen LogP) is 3.17. The monoisotopic (exact) mass is 299 g/mol. The molecule has 0 aromatic carbocycles. The molecule has 4 heteroatoms. The van der Waals surface area contributed by atoms with Gasteiger partial charge in [-0.05, 0) is 20.8 Å². The maximum Gasteiger partial charge on any atom is 0.0402 e. The summed E-state index contributed by atoms with van der Waals surface area (Å²) in [7, 11) is 0. The minimum atomic E-state index is 0. The van der Waals surface area contributed by atoms with Crippen molar-refractivity contribution in [1.29, 1.82) is 0 Å². The summed E-state index contributed by atoms with van der Waals surface area (Å²) in [6, 6.07) is 0. The van der Waals surface area contributed by atoms with Crippen LogP contribution in [0.3, 0.4) is 0 Å². The average Bonchev–Trinajstić information content (AvgIpc) is 2.28. The van der Waals surface area contributed by atoms with Gasteiger partial charge in [0, 0.05) is 41.5 Å². The molecular formula is C14H35O3Ti-. The molecule has 0 aliphatic carbocycles. The summed E-state index contributed by atoms with van der Waals surface area (Å²) < 4.78 is 0. The van der Waals surface area contributed by atoms with Crippen molar-refractivity contribution in [3.8, 4) is 0 Å². The van der Waals surface area contributed by atoms with Crippen LogP contribution in [0.15, 0.2) is 0 Å². The van der Waals surface area contributed by atoms with Gasteiger partial charge >= 0.3 is 0 Å². The molecule has 0 unspecified atom stereocenters. The Balaban J connectivity index is -0.0000000477. The standard InChI is InChI=1S/C8H17.3C2H6O.Ti/c1-3-5-7-8-6-4-2;3*1-2-3;/h1,3-8H2,2H3;3*3H,2H2,1H3;/q-1;;;;. The fraction of sp³-hybridized carbons (Fsp3) is 0.929. The quantitative estimate of drug-likeness (QED) is 0.415. The SMILES string of the molecule is CCO.CCO.CCO.[CH2-]CCCCCCC.[Ti]. The Labute approximate surface area is 130 Å². The first-order valence-corrected chi connectivity index (χ1v) is 6.78. The van der Waals surface area contributed by atoms with Crippen molar-refractivity contribution in [2.75, 3.05) is 19.8 Å². The summed E-state index contributed by atoms with van der Waals surface area (Å²) in [6.07, 6.45) is 7.98. The van der Waals surface area contributed by atoms with Crippen molar-refractivity contribution < 1.29 is 37.0 Å². The normalized spacial score (nSPS) is 7.33. The summed E-state index contributed by atoms with van der Waals surface area (Å²) in [6.45, 7) is 11.8. The molecule has 0 atom stereocenters. The van der Waals surface area contributed by atoms with E-state index in [1.165, 1.54) is 32.1 Å². The van der Waals surface area contributed by atoms with Gasteiger partial charge in [0.1, 0.15) is 0 Å². The van der Waals surface area contributed by atoms with E-state index in [-0.39, 0.29) is 41.5 Å². The molecule has 0 saturated heterocycles. The van der Waals surface area contributed by atoms with Crippen LogP contribution in [0.5, 0.6) is 0 Å². The number of rotatable bonds is 5. The number of aliphatic hydroxyl groups is 3. The molecule has 3 nitrogen and oxygen atoms in total. The molecule has 0 spiro atoms. The van der Waals surface area contributed by atoms with E-state index in [0.29, 0.717) is 0 Å². The second-order valence-corrected chi connectivity index (χ2v) is 3.22. The maximum absolute atomic E-state index is 7.57. The van der Waals surface area contributed by atoms with Crippen LogP contribution < -0.4 is 0 Å². The Morgan fingerprint density at radius 2 is 0.944 bits per heavy atom. The molecule has 114 valence electrons. The third-order valence-electron chi connectivity index (χ3n) is 1.35. The van der Waals surface area contributed by atoms with Gasteiger partial charge in [0.2, 0.25) is 0 Å². The van der Waals surface area contributed by atoms with E-state index in [4.69, 9.17) is 15.3 Å². The van der Waals surface area contributed by atoms with Crippen molar-refractivity contribution in [2.45, 2.75) is 66.2 Å². The van der Waals surface area contributed by atoms with Gasteiger partial charge in [-0.15, -0.1) is 0 Å². The van der Waals surface area contributed by atoms with Crippen LogP contribution in [0.1, 0.15) is 66.2 Å². The van der Waals surface area contributed by atoms with Crippen LogP contribution in [0.2, 0.25) is 0 Å². The van der Waals surface area contributed by atoms with Gasteiger partial charge in [0.05, 0.1) is 0 Å². The minimum Gasteiger partial charge on any atom is -0.397 e. The van der Waals surface area contributed by atoms with Gasteiger partial charge in [-0.1, -0.05) is 39.0 Å². The first-order chi connectivity index (χ1) is 8.16. The van der Waals surface area contributed by atoms with Gasteiger partial charge in [-0.2, -0.15) is 6.42 Å². The van der Waals surface area contributed by atoms with Crippen LogP contribution in [-0.2, 0) is 21.7 Å². The second-order valence-electron chi connectivity index (χ2n) is 3.22. The fourth-order valence-corrected chi connectivity index (χ4v) is 0.780. The zero-order valence-electron chi connectivity index (χ0n) is 12.9. The van der Waals surface area contributed by atoms with E-state index >= 15 is 0 Å². The van der Waals surface area contributed by atoms with Crippen LogP contribution in [0.25, 0.3) is 0 Å². The first-order valence-electron chi connectivity index (χ1n) is 6.78. The Bertz CT molecular complexity index is 63.3. The molecule has 0 fully saturated rings. The molecule has 18 heavy (non-hydrogen) atoms. The summed E-state index contributed by atoms with van der Waals surface area (Å²) in [5, 5.41) is 22.7. The number of aliphatic hydroxyl groups excluding tert-OH is 3. The van der Waals surface area contributed by atoms with E-state index in [1.807, 2.05) is 0 Å². The summed E-state index contributed by atoms with van der Waals surface area (Å²) >= 11 is 0. The van der Waals surface area contributed by atoms with Gasteiger partial charge < -0.3 is 22.2 Å². The molecular weight excluding hydrogens is 264 g/mol. The summed E-state index contributed by atoms with van der Waals surface area (Å²) in [5.74, 6) is 0. The largest absolute Gasteiger partial charge is 0.397 e. The molecule has 0 radical (unpaired) electrons. The zero-order chi connectivity index (χ0) is 14.4. The Morgan fingerprint density at radius 3 is 1.17 bits per heavy atom. The van der Waals surface area contributed by atoms with E-state index in [2.05, 4.69) is 13.8 Å². The Kier molecular flexibility index (Phi) is 91.1. The molecule has 0 rings (SSSR count). The first kappa shape index (κ1) is 31.1. The van der Waals surface area contributed by atoms with E-state index in [0.717, 1.165) is 6.42 Å². The maximum atomic E-state index is 7.57. The topological polar surface area (TPSA) is 60.7 Å². The van der Waals surface area contributed by atoms with Gasteiger partial charge in [-0.25, -0.2) is 0 Å². The molecule has 0 bridgehead atoms. The number of hydrogen-bond donors (Lipinski definition) is 3. The molecule has 0 amide bonds. The molecule has 0 saturated carbocycles. The zero-order valence-corrected chi connectivity index (χ0v) is 14.5. The van der Waals surface area contributed by atoms with Crippen molar-refractivity contribution >= 4 is 0 Å². The van der Waals surface area contributed by atoms with Crippen molar-refractivity contribution in [3.05, 3.63) is 6.92 Å². The summed E-state index contributed by atoms with van der Waals surface area (Å²) in [5.41, 5.74) is 0. The molecule has 0 heterocycles. The number of unbranched alkanes of at least 4 members (excludes halogenated alkanes) is 5.